The summed E-state index contributed by atoms with van der Waals surface area (Å²) in [4.78, 5) is 18.7. The zero-order chi connectivity index (χ0) is 13.9. The summed E-state index contributed by atoms with van der Waals surface area (Å²) >= 11 is 1.53. The average Bonchev–Trinajstić information content (AvgIpc) is 2.88. The first kappa shape index (κ1) is 17.4. The number of amides is 1. The third kappa shape index (κ3) is 3.93. The van der Waals surface area contributed by atoms with Gasteiger partial charge >= 0.3 is 0 Å². The van der Waals surface area contributed by atoms with Crippen molar-refractivity contribution in [3.63, 3.8) is 0 Å². The Morgan fingerprint density at radius 3 is 2.70 bits per heavy atom. The van der Waals surface area contributed by atoms with Crippen molar-refractivity contribution in [3.8, 4) is 0 Å². The second-order valence-electron chi connectivity index (χ2n) is 5.62. The Hall–Kier alpha value is -0.650. The van der Waals surface area contributed by atoms with Gasteiger partial charge in [-0.3, -0.25) is 4.79 Å². The van der Waals surface area contributed by atoms with E-state index < -0.39 is 0 Å². The maximum atomic E-state index is 12.4. The molecule has 1 aromatic heterocycles. The summed E-state index contributed by atoms with van der Waals surface area (Å²) in [6, 6.07) is 0. The van der Waals surface area contributed by atoms with Gasteiger partial charge in [-0.1, -0.05) is 20.3 Å². The molecule has 0 radical (unpaired) electrons. The zero-order valence-corrected chi connectivity index (χ0v) is 13.9. The van der Waals surface area contributed by atoms with Crippen LogP contribution in [-0.4, -0.2) is 35.4 Å². The van der Waals surface area contributed by atoms with Crippen LogP contribution in [-0.2, 0) is 6.42 Å². The van der Waals surface area contributed by atoms with Crippen LogP contribution in [0.4, 0.5) is 0 Å². The third-order valence-corrected chi connectivity index (χ3v) is 5.15. The molecule has 2 heterocycles. The maximum absolute atomic E-state index is 12.4. The maximum Gasteiger partial charge on any atom is 0.273 e. The fraction of sp³-hybridized carbons (Fsp3) is 0.714. The molecule has 1 aliphatic heterocycles. The number of halogens is 1. The van der Waals surface area contributed by atoms with Crippen LogP contribution in [0.25, 0.3) is 0 Å². The minimum Gasteiger partial charge on any atom is -0.337 e. The first-order valence-electron chi connectivity index (χ1n) is 7.02. The van der Waals surface area contributed by atoms with Crippen molar-refractivity contribution in [1.29, 1.82) is 0 Å². The van der Waals surface area contributed by atoms with Gasteiger partial charge in [-0.2, -0.15) is 0 Å². The van der Waals surface area contributed by atoms with Crippen molar-refractivity contribution in [2.24, 2.45) is 11.1 Å². The van der Waals surface area contributed by atoms with Crippen LogP contribution >= 0.6 is 23.7 Å². The Morgan fingerprint density at radius 1 is 1.50 bits per heavy atom. The predicted octanol–water partition coefficient (Wildman–Crippen LogP) is 2.72. The topological polar surface area (TPSA) is 59.2 Å². The van der Waals surface area contributed by atoms with Gasteiger partial charge in [0.05, 0.1) is 5.01 Å². The van der Waals surface area contributed by atoms with E-state index in [4.69, 9.17) is 5.73 Å². The molecule has 0 aliphatic carbocycles. The van der Waals surface area contributed by atoms with E-state index in [1.165, 1.54) is 17.8 Å². The van der Waals surface area contributed by atoms with Crippen molar-refractivity contribution in [2.75, 3.05) is 19.6 Å². The van der Waals surface area contributed by atoms with Crippen molar-refractivity contribution in [1.82, 2.24) is 9.88 Å². The largest absolute Gasteiger partial charge is 0.337 e. The van der Waals surface area contributed by atoms with Crippen molar-refractivity contribution >= 4 is 29.7 Å². The highest BCUT2D eigenvalue weighted by molar-refractivity contribution is 7.09. The summed E-state index contributed by atoms with van der Waals surface area (Å²) in [5.74, 6) is 0.0812. The third-order valence-electron chi connectivity index (χ3n) is 4.24. The smallest absolute Gasteiger partial charge is 0.273 e. The molecule has 4 nitrogen and oxygen atoms in total. The van der Waals surface area contributed by atoms with Crippen molar-refractivity contribution < 1.29 is 4.79 Å². The van der Waals surface area contributed by atoms with Gasteiger partial charge in [0.1, 0.15) is 5.69 Å². The number of likely N-dealkylation sites (tertiary alicyclic amines) is 1. The van der Waals surface area contributed by atoms with Crippen LogP contribution < -0.4 is 5.73 Å². The molecule has 1 amide bonds. The summed E-state index contributed by atoms with van der Waals surface area (Å²) in [5, 5.41) is 2.82. The summed E-state index contributed by atoms with van der Waals surface area (Å²) in [6.45, 7) is 6.84. The van der Waals surface area contributed by atoms with E-state index in [2.05, 4.69) is 18.8 Å². The number of piperidine rings is 1. The van der Waals surface area contributed by atoms with Gasteiger partial charge in [0.25, 0.3) is 5.91 Å². The molecule has 1 fully saturated rings. The first-order chi connectivity index (χ1) is 9.08. The van der Waals surface area contributed by atoms with Crippen LogP contribution in [0.15, 0.2) is 5.38 Å². The van der Waals surface area contributed by atoms with Crippen LogP contribution in [0, 0.1) is 5.41 Å². The number of rotatable bonds is 4. The molecule has 2 N–H and O–H groups in total. The first-order valence-corrected chi connectivity index (χ1v) is 7.90. The monoisotopic (exact) mass is 317 g/mol. The van der Waals surface area contributed by atoms with E-state index in [0.29, 0.717) is 17.7 Å². The van der Waals surface area contributed by atoms with E-state index in [9.17, 15) is 4.79 Å². The van der Waals surface area contributed by atoms with Crippen molar-refractivity contribution in [2.45, 2.75) is 39.5 Å². The Morgan fingerprint density at radius 2 is 2.15 bits per heavy atom. The summed E-state index contributed by atoms with van der Waals surface area (Å²) in [5.41, 5.74) is 6.50. The molecular weight excluding hydrogens is 294 g/mol. The molecule has 0 aromatic carbocycles. The summed E-state index contributed by atoms with van der Waals surface area (Å²) < 4.78 is 0. The number of nitrogens with two attached hydrogens (primary N) is 1. The molecule has 0 unspecified atom stereocenters. The van der Waals surface area contributed by atoms with Gasteiger partial charge in [-0.25, -0.2) is 4.98 Å². The molecule has 2 rings (SSSR count). The SMILES string of the molecule is CCC1(C)CCN(C(=O)c2csc(CCN)n2)CC1.Cl. The molecule has 0 bridgehead atoms. The molecule has 1 aromatic rings. The molecular formula is C14H24ClN3OS. The van der Waals surface area contributed by atoms with Crippen LogP contribution in [0.5, 0.6) is 0 Å². The highest BCUT2D eigenvalue weighted by Crippen LogP contribution is 2.34. The van der Waals surface area contributed by atoms with E-state index in [0.717, 1.165) is 37.4 Å². The van der Waals surface area contributed by atoms with Gasteiger partial charge in [0.15, 0.2) is 0 Å². The van der Waals surface area contributed by atoms with E-state index in [1.807, 2.05) is 10.3 Å². The number of carbonyl (C=O) groups is 1. The minimum atomic E-state index is 0. The van der Waals surface area contributed by atoms with E-state index in [-0.39, 0.29) is 18.3 Å². The molecule has 0 atom stereocenters. The van der Waals surface area contributed by atoms with Gasteiger partial charge in [0.2, 0.25) is 0 Å². The number of hydrogen-bond acceptors (Lipinski definition) is 4. The standard InChI is InChI=1S/C14H23N3OS.ClH/c1-3-14(2)5-8-17(9-6-14)13(18)11-10-19-12(16-11)4-7-15;/h10H,3-9,15H2,1-2H3;1H. The molecule has 6 heteroatoms. The van der Waals surface area contributed by atoms with Crippen molar-refractivity contribution in [3.05, 3.63) is 16.1 Å². The zero-order valence-electron chi connectivity index (χ0n) is 12.2. The van der Waals surface area contributed by atoms with Gasteiger partial charge < -0.3 is 10.6 Å². The molecule has 1 aliphatic rings. The van der Waals surface area contributed by atoms with E-state index >= 15 is 0 Å². The Labute approximate surface area is 131 Å². The highest BCUT2D eigenvalue weighted by Gasteiger charge is 2.31. The number of thiazole rings is 1. The molecule has 1 saturated heterocycles. The lowest BCUT2D eigenvalue weighted by atomic mass is 9.78. The summed E-state index contributed by atoms with van der Waals surface area (Å²) in [6.07, 6.45) is 4.13. The average molecular weight is 318 g/mol. The van der Waals surface area contributed by atoms with E-state index in [1.54, 1.807) is 0 Å². The van der Waals surface area contributed by atoms with Gasteiger partial charge in [-0.05, 0) is 24.8 Å². The second kappa shape index (κ2) is 7.38. The quantitative estimate of drug-likeness (QED) is 0.929. The Bertz CT molecular complexity index is 441. The normalized spacial score (nSPS) is 17.6. The summed E-state index contributed by atoms with van der Waals surface area (Å²) in [7, 11) is 0. The van der Waals surface area contributed by atoms with Crippen LogP contribution in [0.3, 0.4) is 0 Å². The predicted molar refractivity (Wildman–Crippen MR) is 85.7 cm³/mol. The fourth-order valence-corrected chi connectivity index (χ4v) is 3.20. The van der Waals surface area contributed by atoms with Crippen LogP contribution in [0.1, 0.15) is 48.6 Å². The Balaban J connectivity index is 0.00000200. The highest BCUT2D eigenvalue weighted by atomic mass is 35.5. The lowest BCUT2D eigenvalue weighted by Gasteiger charge is -2.38. The number of carbonyl (C=O) groups excluding carboxylic acids is 1. The van der Waals surface area contributed by atoms with Crippen LogP contribution in [0.2, 0.25) is 0 Å². The molecule has 0 saturated carbocycles. The number of hydrogen-bond donors (Lipinski definition) is 1. The second-order valence-corrected chi connectivity index (χ2v) is 6.56. The minimum absolute atomic E-state index is 0. The number of aromatic nitrogens is 1. The lowest BCUT2D eigenvalue weighted by Crippen LogP contribution is -2.42. The number of nitrogens with zero attached hydrogens (tertiary/aromatic N) is 2. The Kier molecular flexibility index (Phi) is 6.43. The van der Waals surface area contributed by atoms with Gasteiger partial charge in [-0.15, -0.1) is 23.7 Å². The van der Waals surface area contributed by atoms with Gasteiger partial charge in [0, 0.05) is 24.9 Å². The molecule has 114 valence electrons. The molecule has 20 heavy (non-hydrogen) atoms. The molecule has 0 spiro atoms. The fourth-order valence-electron chi connectivity index (χ4n) is 2.41. The lowest BCUT2D eigenvalue weighted by molar-refractivity contribution is 0.0595.